The van der Waals surface area contributed by atoms with Crippen LogP contribution in [0.3, 0.4) is 0 Å². The molecule has 0 atom stereocenters. The third-order valence-electron chi connectivity index (χ3n) is 5.10. The van der Waals surface area contributed by atoms with E-state index in [1.807, 2.05) is 18.2 Å². The quantitative estimate of drug-likeness (QED) is 0.314. The van der Waals surface area contributed by atoms with Gasteiger partial charge in [0.15, 0.2) is 5.82 Å². The fourth-order valence-corrected chi connectivity index (χ4v) is 4.38. The van der Waals surface area contributed by atoms with Gasteiger partial charge in [-0.05, 0) is 37.5 Å². The monoisotopic (exact) mass is 445 g/mol. The summed E-state index contributed by atoms with van der Waals surface area (Å²) in [6.07, 6.45) is 7.74. The fraction of sp³-hybridized carbons (Fsp3) is 0.167. The van der Waals surface area contributed by atoms with Crippen LogP contribution in [0.2, 0.25) is 0 Å². The number of nitrogens with zero attached hydrogens (tertiary/aromatic N) is 4. The summed E-state index contributed by atoms with van der Waals surface area (Å²) in [6.45, 7) is 2.87. The standard InChI is InChI=1S/C24H20FN5OS/c1-15-11-19-23(29-22(30-24(19)32-15)18-8-10-31-14-18)26-9-2-3-16-4-6-17(7-5-16)20-12-28-21(25)13-27-20/h4-8,10-14H,2-3,9H2,1H3,(H,26,29,30). The van der Waals surface area contributed by atoms with Crippen LogP contribution < -0.4 is 5.32 Å². The number of nitrogens with one attached hydrogen (secondary N) is 1. The zero-order chi connectivity index (χ0) is 21.9. The summed E-state index contributed by atoms with van der Waals surface area (Å²) >= 11 is 1.66. The molecule has 0 spiro atoms. The zero-order valence-corrected chi connectivity index (χ0v) is 18.2. The Balaban J connectivity index is 1.24. The minimum Gasteiger partial charge on any atom is -0.472 e. The fourth-order valence-electron chi connectivity index (χ4n) is 3.50. The van der Waals surface area contributed by atoms with Crippen LogP contribution in [0.15, 0.2) is 65.7 Å². The Hall–Kier alpha value is -3.65. The molecule has 0 bridgehead atoms. The maximum Gasteiger partial charge on any atom is 0.231 e. The minimum absolute atomic E-state index is 0.576. The molecule has 1 N–H and O–H groups in total. The first kappa shape index (κ1) is 20.3. The van der Waals surface area contributed by atoms with E-state index in [0.29, 0.717) is 11.5 Å². The molecule has 0 aliphatic heterocycles. The number of halogens is 1. The van der Waals surface area contributed by atoms with Crippen LogP contribution in [0.5, 0.6) is 0 Å². The van der Waals surface area contributed by atoms with Crippen molar-refractivity contribution in [1.29, 1.82) is 0 Å². The summed E-state index contributed by atoms with van der Waals surface area (Å²) in [7, 11) is 0. The first-order valence-corrected chi connectivity index (χ1v) is 11.1. The third-order valence-corrected chi connectivity index (χ3v) is 6.04. The van der Waals surface area contributed by atoms with E-state index in [9.17, 15) is 4.39 Å². The molecule has 1 aromatic carbocycles. The number of fused-ring (bicyclic) bond motifs is 1. The predicted molar refractivity (Wildman–Crippen MR) is 124 cm³/mol. The van der Waals surface area contributed by atoms with Gasteiger partial charge in [-0.1, -0.05) is 24.3 Å². The second-order valence-corrected chi connectivity index (χ2v) is 8.67. The molecule has 0 unspecified atom stereocenters. The summed E-state index contributed by atoms with van der Waals surface area (Å²) in [6, 6.07) is 12.1. The second kappa shape index (κ2) is 8.84. The molecule has 0 amide bonds. The van der Waals surface area contributed by atoms with Gasteiger partial charge in [-0.2, -0.15) is 4.39 Å². The molecule has 0 aliphatic rings. The lowest BCUT2D eigenvalue weighted by Crippen LogP contribution is -2.06. The van der Waals surface area contributed by atoms with Crippen molar-refractivity contribution in [3.05, 3.63) is 77.7 Å². The van der Waals surface area contributed by atoms with Gasteiger partial charge in [-0.25, -0.2) is 19.9 Å². The van der Waals surface area contributed by atoms with E-state index in [1.54, 1.807) is 23.9 Å². The van der Waals surface area contributed by atoms with E-state index in [1.165, 1.54) is 16.6 Å². The van der Waals surface area contributed by atoms with Gasteiger partial charge in [-0.15, -0.1) is 11.3 Å². The average molecular weight is 446 g/mol. The zero-order valence-electron chi connectivity index (χ0n) is 17.4. The highest BCUT2D eigenvalue weighted by molar-refractivity contribution is 7.18. The van der Waals surface area contributed by atoms with Gasteiger partial charge in [0.25, 0.3) is 0 Å². The number of benzene rings is 1. The maximum absolute atomic E-state index is 13.0. The lowest BCUT2D eigenvalue weighted by molar-refractivity contribution is 0.568. The Bertz CT molecular complexity index is 1330. The molecule has 160 valence electrons. The molecule has 5 rings (SSSR count). The van der Waals surface area contributed by atoms with Crippen LogP contribution >= 0.6 is 11.3 Å². The molecule has 6 nitrogen and oxygen atoms in total. The molecule has 0 saturated heterocycles. The van der Waals surface area contributed by atoms with Gasteiger partial charge in [0.2, 0.25) is 5.95 Å². The topological polar surface area (TPSA) is 76.7 Å². The van der Waals surface area contributed by atoms with Crippen LogP contribution in [-0.2, 0) is 6.42 Å². The maximum atomic E-state index is 13.0. The highest BCUT2D eigenvalue weighted by atomic mass is 32.1. The summed E-state index contributed by atoms with van der Waals surface area (Å²) < 4.78 is 18.1. The van der Waals surface area contributed by atoms with Crippen molar-refractivity contribution in [2.24, 2.45) is 0 Å². The average Bonchev–Trinajstić information content (AvgIpc) is 3.47. The summed E-state index contributed by atoms with van der Waals surface area (Å²) in [5.74, 6) is 0.934. The van der Waals surface area contributed by atoms with Gasteiger partial charge >= 0.3 is 0 Å². The van der Waals surface area contributed by atoms with Crippen LogP contribution in [0.25, 0.3) is 32.9 Å². The number of hydrogen-bond acceptors (Lipinski definition) is 7. The molecule has 0 saturated carbocycles. The first-order valence-electron chi connectivity index (χ1n) is 10.3. The van der Waals surface area contributed by atoms with E-state index >= 15 is 0 Å². The van der Waals surface area contributed by atoms with Crippen molar-refractivity contribution in [1.82, 2.24) is 19.9 Å². The van der Waals surface area contributed by atoms with Crippen LogP contribution in [0.4, 0.5) is 10.2 Å². The van der Waals surface area contributed by atoms with E-state index in [2.05, 4.69) is 40.4 Å². The Kier molecular flexibility index (Phi) is 5.60. The number of anilines is 1. The number of rotatable bonds is 7. The first-order chi connectivity index (χ1) is 15.7. The van der Waals surface area contributed by atoms with Gasteiger partial charge in [0, 0.05) is 17.0 Å². The van der Waals surface area contributed by atoms with Crippen molar-refractivity contribution in [3.8, 4) is 22.6 Å². The van der Waals surface area contributed by atoms with Gasteiger partial charge in [0.05, 0.1) is 35.3 Å². The van der Waals surface area contributed by atoms with Crippen molar-refractivity contribution in [3.63, 3.8) is 0 Å². The lowest BCUT2D eigenvalue weighted by atomic mass is 10.1. The van der Waals surface area contributed by atoms with Crippen LogP contribution in [-0.4, -0.2) is 26.5 Å². The minimum atomic E-state index is -0.576. The van der Waals surface area contributed by atoms with Crippen LogP contribution in [0.1, 0.15) is 16.9 Å². The molecular weight excluding hydrogens is 425 g/mol. The number of hydrogen-bond donors (Lipinski definition) is 1. The van der Waals surface area contributed by atoms with Crippen LogP contribution in [0, 0.1) is 12.9 Å². The molecule has 5 aromatic rings. The number of aryl methyl sites for hydroxylation is 2. The summed E-state index contributed by atoms with van der Waals surface area (Å²) in [4.78, 5) is 19.3. The smallest absolute Gasteiger partial charge is 0.231 e. The van der Waals surface area contributed by atoms with E-state index < -0.39 is 5.95 Å². The summed E-state index contributed by atoms with van der Waals surface area (Å²) in [5, 5.41) is 4.53. The molecule has 32 heavy (non-hydrogen) atoms. The SMILES string of the molecule is Cc1cc2c(NCCCc3ccc(-c4cnc(F)cn4)cc3)nc(-c3ccoc3)nc2s1. The molecule has 0 radical (unpaired) electrons. The molecule has 8 heteroatoms. The second-order valence-electron chi connectivity index (χ2n) is 7.44. The van der Waals surface area contributed by atoms with Gasteiger partial charge < -0.3 is 9.73 Å². The highest BCUT2D eigenvalue weighted by Crippen LogP contribution is 2.31. The Morgan fingerprint density at radius 2 is 1.91 bits per heavy atom. The molecule has 0 aliphatic carbocycles. The van der Waals surface area contributed by atoms with Crippen molar-refractivity contribution < 1.29 is 8.81 Å². The number of furan rings is 1. The predicted octanol–water partition coefficient (Wildman–Crippen LogP) is 5.90. The highest BCUT2D eigenvalue weighted by Gasteiger charge is 2.12. The number of aromatic nitrogens is 4. The van der Waals surface area contributed by atoms with E-state index in [4.69, 9.17) is 14.4 Å². The summed E-state index contributed by atoms with van der Waals surface area (Å²) in [5.41, 5.74) is 3.67. The molecule has 4 heterocycles. The third kappa shape index (κ3) is 4.36. The molecule has 0 fully saturated rings. The Morgan fingerprint density at radius 1 is 1.03 bits per heavy atom. The van der Waals surface area contributed by atoms with Crippen molar-refractivity contribution >= 4 is 27.4 Å². The van der Waals surface area contributed by atoms with Crippen molar-refractivity contribution in [2.75, 3.05) is 11.9 Å². The normalized spacial score (nSPS) is 11.2. The lowest BCUT2D eigenvalue weighted by Gasteiger charge is -2.09. The Morgan fingerprint density at radius 3 is 2.66 bits per heavy atom. The molecule has 4 aromatic heterocycles. The largest absolute Gasteiger partial charge is 0.472 e. The molecular formula is C24H20FN5OS. The Labute approximate surface area is 188 Å². The van der Waals surface area contributed by atoms with Gasteiger partial charge in [0.1, 0.15) is 16.9 Å². The van der Waals surface area contributed by atoms with Crippen molar-refractivity contribution in [2.45, 2.75) is 19.8 Å². The van der Waals surface area contributed by atoms with Gasteiger partial charge in [-0.3, -0.25) is 0 Å². The van der Waals surface area contributed by atoms with E-state index in [0.717, 1.165) is 52.7 Å². The number of thiophene rings is 1. The van der Waals surface area contributed by atoms with E-state index in [-0.39, 0.29) is 0 Å².